The van der Waals surface area contributed by atoms with Crippen LogP contribution in [-0.4, -0.2) is 68.4 Å². The van der Waals surface area contributed by atoms with E-state index in [1.165, 1.54) is 11.1 Å². The summed E-state index contributed by atoms with van der Waals surface area (Å²) in [5, 5.41) is 10.9. The Morgan fingerprint density at radius 2 is 2.08 bits per heavy atom. The van der Waals surface area contributed by atoms with Gasteiger partial charge in [0.05, 0.1) is 29.3 Å². The molecule has 1 atom stereocenters. The fourth-order valence-corrected chi connectivity index (χ4v) is 4.92. The zero-order valence-corrected chi connectivity index (χ0v) is 21.5. The third-order valence-electron chi connectivity index (χ3n) is 6.60. The van der Waals surface area contributed by atoms with E-state index in [1.54, 1.807) is 17.1 Å². The first-order valence-corrected chi connectivity index (χ1v) is 12.6. The number of rotatable bonds is 6. The first kappa shape index (κ1) is 24.4. The van der Waals surface area contributed by atoms with Crippen molar-refractivity contribution in [1.82, 2.24) is 30.0 Å². The highest BCUT2D eigenvalue weighted by molar-refractivity contribution is 5.78. The first-order valence-electron chi connectivity index (χ1n) is 12.6. The summed E-state index contributed by atoms with van der Waals surface area (Å²) in [4.78, 5) is 24.0. The second-order valence-corrected chi connectivity index (χ2v) is 10.7. The van der Waals surface area contributed by atoms with E-state index in [1.807, 2.05) is 24.2 Å². The van der Waals surface area contributed by atoms with Crippen LogP contribution in [0, 0.1) is 0 Å². The van der Waals surface area contributed by atoms with Crippen molar-refractivity contribution in [3.05, 3.63) is 54.0 Å². The normalized spacial score (nSPS) is 18.3. The van der Waals surface area contributed by atoms with Crippen molar-refractivity contribution in [1.29, 1.82) is 0 Å². The fraction of sp³-hybridized carbons (Fsp3) is 0.481. The molecule has 1 fully saturated rings. The highest BCUT2D eigenvalue weighted by atomic mass is 16.5. The van der Waals surface area contributed by atoms with Gasteiger partial charge >= 0.3 is 0 Å². The number of hydrogen-bond acceptors (Lipinski definition) is 7. The van der Waals surface area contributed by atoms with Crippen molar-refractivity contribution in [2.75, 3.05) is 31.5 Å². The minimum Gasteiger partial charge on any atom is -0.369 e. The van der Waals surface area contributed by atoms with Crippen LogP contribution < -0.4 is 10.6 Å². The lowest BCUT2D eigenvalue weighted by Crippen LogP contribution is -2.56. The summed E-state index contributed by atoms with van der Waals surface area (Å²) in [6.45, 7) is 9.24. The molecule has 0 radical (unpaired) electrons. The summed E-state index contributed by atoms with van der Waals surface area (Å²) in [6.07, 6.45) is 6.95. The molecule has 9 heteroatoms. The Bertz CT molecular complexity index is 1230. The maximum Gasteiger partial charge on any atom is 0.227 e. The number of hydrogen-bond donors (Lipinski definition) is 2. The maximum absolute atomic E-state index is 13.0. The van der Waals surface area contributed by atoms with Crippen LogP contribution in [0.15, 0.2) is 42.9 Å². The molecule has 1 amide bonds. The van der Waals surface area contributed by atoms with Gasteiger partial charge in [0.25, 0.3) is 0 Å². The zero-order chi connectivity index (χ0) is 25.3. The molecule has 9 nitrogen and oxygen atoms in total. The average Bonchev–Trinajstić information content (AvgIpc) is 3.10. The van der Waals surface area contributed by atoms with Gasteiger partial charge < -0.3 is 20.3 Å². The number of nitrogens with one attached hydrogen (secondary N) is 2. The Morgan fingerprint density at radius 1 is 1.25 bits per heavy atom. The molecule has 2 aliphatic heterocycles. The van der Waals surface area contributed by atoms with E-state index in [2.05, 4.69) is 59.7 Å². The van der Waals surface area contributed by atoms with Crippen LogP contribution in [0.5, 0.6) is 0 Å². The number of aryl methyl sites for hydroxylation is 1. The van der Waals surface area contributed by atoms with Crippen molar-refractivity contribution in [3.8, 4) is 11.3 Å². The maximum atomic E-state index is 13.0. The van der Waals surface area contributed by atoms with Crippen LogP contribution in [-0.2, 0) is 23.0 Å². The van der Waals surface area contributed by atoms with Gasteiger partial charge in [0, 0.05) is 57.0 Å². The Labute approximate surface area is 212 Å². The predicted octanol–water partition coefficient (Wildman–Crippen LogP) is 3.27. The van der Waals surface area contributed by atoms with Gasteiger partial charge in [-0.1, -0.05) is 12.1 Å². The molecular weight excluding hydrogens is 454 g/mol. The SMILES string of the molecule is Cn1cc(Nc2nccc(-c3ccc4c(c3)CCNCC4CC(=O)N3CC(OC(C)(C)C)C3)n2)cn1. The lowest BCUT2D eigenvalue weighted by atomic mass is 9.89. The van der Waals surface area contributed by atoms with E-state index in [4.69, 9.17) is 9.72 Å². The second-order valence-electron chi connectivity index (χ2n) is 10.7. The number of nitrogens with zero attached hydrogens (tertiary/aromatic N) is 5. The van der Waals surface area contributed by atoms with Crippen LogP contribution >= 0.6 is 0 Å². The van der Waals surface area contributed by atoms with Crippen molar-refractivity contribution in [3.63, 3.8) is 0 Å². The van der Waals surface area contributed by atoms with Crippen LogP contribution in [0.4, 0.5) is 11.6 Å². The molecule has 4 heterocycles. The van der Waals surface area contributed by atoms with Gasteiger partial charge in [0.1, 0.15) is 0 Å². The number of likely N-dealkylation sites (tertiary alicyclic amines) is 1. The molecule has 2 aliphatic rings. The van der Waals surface area contributed by atoms with Gasteiger partial charge in [-0.15, -0.1) is 0 Å². The fourth-order valence-electron chi connectivity index (χ4n) is 4.92. The number of anilines is 2. The Morgan fingerprint density at radius 3 is 2.83 bits per heavy atom. The average molecular weight is 490 g/mol. The van der Waals surface area contributed by atoms with E-state index in [9.17, 15) is 4.79 Å². The van der Waals surface area contributed by atoms with E-state index < -0.39 is 0 Å². The molecule has 2 N–H and O–H groups in total. The van der Waals surface area contributed by atoms with Gasteiger partial charge in [-0.25, -0.2) is 9.97 Å². The van der Waals surface area contributed by atoms with Crippen LogP contribution in [0.25, 0.3) is 11.3 Å². The van der Waals surface area contributed by atoms with Crippen LogP contribution in [0.2, 0.25) is 0 Å². The third-order valence-corrected chi connectivity index (χ3v) is 6.60. The highest BCUT2D eigenvalue weighted by Gasteiger charge is 2.35. The topological polar surface area (TPSA) is 97.2 Å². The first-order chi connectivity index (χ1) is 17.2. The Kier molecular flexibility index (Phi) is 6.77. The van der Waals surface area contributed by atoms with Gasteiger partial charge in [-0.2, -0.15) is 5.10 Å². The summed E-state index contributed by atoms with van der Waals surface area (Å²) in [6, 6.07) is 8.42. The molecule has 1 unspecified atom stereocenters. The molecular formula is C27H35N7O2. The molecule has 3 aromatic rings. The minimum absolute atomic E-state index is 0.140. The Balaban J connectivity index is 1.28. The van der Waals surface area contributed by atoms with Crippen molar-refractivity contribution < 1.29 is 9.53 Å². The molecule has 5 rings (SSSR count). The molecule has 0 aliphatic carbocycles. The summed E-state index contributed by atoms with van der Waals surface area (Å²) >= 11 is 0. The third kappa shape index (κ3) is 5.74. The molecule has 2 aromatic heterocycles. The lowest BCUT2D eigenvalue weighted by molar-refractivity contribution is -0.157. The summed E-state index contributed by atoms with van der Waals surface area (Å²) in [7, 11) is 1.87. The van der Waals surface area contributed by atoms with Crippen LogP contribution in [0.3, 0.4) is 0 Å². The lowest BCUT2D eigenvalue weighted by Gasteiger charge is -2.42. The van der Waals surface area contributed by atoms with Crippen LogP contribution in [0.1, 0.15) is 44.2 Å². The molecule has 0 saturated carbocycles. The highest BCUT2D eigenvalue weighted by Crippen LogP contribution is 2.31. The second kappa shape index (κ2) is 9.99. The summed E-state index contributed by atoms with van der Waals surface area (Å²) in [5.41, 5.74) is 5.09. The minimum atomic E-state index is -0.180. The standard InChI is InChI=1S/C27H35N7O2/c1-27(2,3)36-22-16-34(17-22)25(35)12-20-13-28-9-7-18-11-19(5-6-23(18)20)24-8-10-29-26(32-24)31-21-14-30-33(4)15-21/h5-6,8,10-11,14-15,20,22,28H,7,9,12-13,16-17H2,1-4H3,(H,29,31,32). The molecule has 1 saturated heterocycles. The van der Waals surface area contributed by atoms with Gasteiger partial charge in [0.15, 0.2) is 0 Å². The number of ether oxygens (including phenoxy) is 1. The molecule has 0 bridgehead atoms. The van der Waals surface area contributed by atoms with Crippen molar-refractivity contribution >= 4 is 17.5 Å². The summed E-state index contributed by atoms with van der Waals surface area (Å²) < 4.78 is 7.72. The number of benzene rings is 1. The smallest absolute Gasteiger partial charge is 0.227 e. The van der Waals surface area contributed by atoms with Crippen molar-refractivity contribution in [2.45, 2.75) is 51.2 Å². The van der Waals surface area contributed by atoms with Crippen molar-refractivity contribution in [2.24, 2.45) is 7.05 Å². The monoisotopic (exact) mass is 489 g/mol. The number of carbonyl (C=O) groups excluding carboxylic acids is 1. The number of carbonyl (C=O) groups is 1. The van der Waals surface area contributed by atoms with Gasteiger partial charge in [0.2, 0.25) is 11.9 Å². The van der Waals surface area contributed by atoms with Gasteiger partial charge in [-0.05, 0) is 57.0 Å². The van der Waals surface area contributed by atoms with E-state index in [0.717, 1.165) is 36.5 Å². The quantitative estimate of drug-likeness (QED) is 0.549. The van der Waals surface area contributed by atoms with E-state index >= 15 is 0 Å². The van der Waals surface area contributed by atoms with E-state index in [-0.39, 0.29) is 23.5 Å². The molecule has 190 valence electrons. The molecule has 0 spiro atoms. The van der Waals surface area contributed by atoms with E-state index in [0.29, 0.717) is 25.5 Å². The molecule has 1 aromatic carbocycles. The number of amides is 1. The number of fused-ring (bicyclic) bond motifs is 1. The zero-order valence-electron chi connectivity index (χ0n) is 21.5. The largest absolute Gasteiger partial charge is 0.369 e. The summed E-state index contributed by atoms with van der Waals surface area (Å²) in [5.74, 6) is 0.887. The van der Waals surface area contributed by atoms with Gasteiger partial charge in [-0.3, -0.25) is 9.48 Å². The number of aromatic nitrogens is 4. The molecule has 36 heavy (non-hydrogen) atoms. The predicted molar refractivity (Wildman–Crippen MR) is 139 cm³/mol. The Hall–Kier alpha value is -3.30.